The third-order valence-electron chi connectivity index (χ3n) is 2.73. The maximum atomic E-state index is 9.69. The molecule has 0 radical (unpaired) electrons. The van der Waals surface area contributed by atoms with Gasteiger partial charge < -0.3 is 15.2 Å². The highest BCUT2D eigenvalue weighted by Crippen LogP contribution is 2.35. The fourth-order valence-electron chi connectivity index (χ4n) is 1.58. The lowest BCUT2D eigenvalue weighted by Gasteiger charge is -2.18. The average molecular weight is 409 g/mol. The van der Waals surface area contributed by atoms with E-state index in [4.69, 9.17) is 4.74 Å². The Labute approximate surface area is 138 Å². The van der Waals surface area contributed by atoms with Crippen LogP contribution in [0.25, 0.3) is 0 Å². The highest BCUT2D eigenvalue weighted by Gasteiger charge is 2.14. The van der Waals surface area contributed by atoms with Gasteiger partial charge in [-0.25, -0.2) is 0 Å². The first-order valence-corrected chi connectivity index (χ1v) is 8.34. The van der Waals surface area contributed by atoms with Crippen molar-refractivity contribution in [3.8, 4) is 5.75 Å². The summed E-state index contributed by atoms with van der Waals surface area (Å²) in [6.07, 6.45) is 0.586. The Hall–Kier alpha value is -0.100. The van der Waals surface area contributed by atoms with Crippen LogP contribution < -0.4 is 10.1 Å². The Morgan fingerprint density at radius 3 is 2.25 bits per heavy atom. The van der Waals surface area contributed by atoms with Gasteiger partial charge in [0.2, 0.25) is 0 Å². The number of nitrogens with one attached hydrogen (secondary N) is 1. The molecule has 0 saturated carbocycles. The van der Waals surface area contributed by atoms with Gasteiger partial charge in [0.05, 0.1) is 21.2 Å². The molecule has 2 N–H and O–H groups in total. The highest BCUT2D eigenvalue weighted by atomic mass is 79.9. The van der Waals surface area contributed by atoms with Crippen LogP contribution in [-0.2, 0) is 6.54 Å². The molecule has 20 heavy (non-hydrogen) atoms. The summed E-state index contributed by atoms with van der Waals surface area (Å²) in [5, 5.41) is 13.1. The van der Waals surface area contributed by atoms with Crippen molar-refractivity contribution in [2.75, 3.05) is 6.61 Å². The van der Waals surface area contributed by atoms with Crippen molar-refractivity contribution in [2.24, 2.45) is 0 Å². The molecule has 114 valence electrons. The van der Waals surface area contributed by atoms with Crippen LogP contribution in [0, 0.1) is 0 Å². The molecule has 0 amide bonds. The first-order chi connectivity index (χ1) is 9.19. The van der Waals surface area contributed by atoms with Crippen molar-refractivity contribution < 1.29 is 9.84 Å². The van der Waals surface area contributed by atoms with Crippen molar-refractivity contribution >= 4 is 31.9 Å². The van der Waals surface area contributed by atoms with Crippen LogP contribution in [0.15, 0.2) is 21.1 Å². The summed E-state index contributed by atoms with van der Waals surface area (Å²) in [5.74, 6) is 0.780. The number of benzene rings is 1. The van der Waals surface area contributed by atoms with E-state index in [9.17, 15) is 5.11 Å². The van der Waals surface area contributed by atoms with E-state index < -0.39 is 5.60 Å². The highest BCUT2D eigenvalue weighted by molar-refractivity contribution is 9.11. The zero-order valence-electron chi connectivity index (χ0n) is 12.5. The van der Waals surface area contributed by atoms with Crippen LogP contribution in [0.4, 0.5) is 0 Å². The quantitative estimate of drug-likeness (QED) is 0.708. The monoisotopic (exact) mass is 407 g/mol. The third-order valence-corrected chi connectivity index (χ3v) is 3.91. The normalized spacial score (nSPS) is 12.0. The van der Waals surface area contributed by atoms with Gasteiger partial charge in [0.15, 0.2) is 0 Å². The fourth-order valence-corrected chi connectivity index (χ4v) is 3.09. The van der Waals surface area contributed by atoms with Crippen molar-refractivity contribution in [2.45, 2.75) is 52.3 Å². The van der Waals surface area contributed by atoms with Gasteiger partial charge in [-0.2, -0.15) is 0 Å². The average Bonchev–Trinajstić information content (AvgIpc) is 2.28. The summed E-state index contributed by atoms with van der Waals surface area (Å²) >= 11 is 7.08. The summed E-state index contributed by atoms with van der Waals surface area (Å²) in [6, 6.07) is 4.56. The molecule has 0 aromatic heterocycles. The first kappa shape index (κ1) is 18.0. The minimum absolute atomic E-state index is 0.454. The van der Waals surface area contributed by atoms with Gasteiger partial charge in [-0.15, -0.1) is 0 Å². The first-order valence-electron chi connectivity index (χ1n) is 6.75. The van der Waals surface area contributed by atoms with Gasteiger partial charge in [0.25, 0.3) is 0 Å². The molecule has 5 heteroatoms. The SMILES string of the molecule is CC(C)NCc1cc(Br)c(OCCC(C)(C)O)c(Br)c1. The van der Waals surface area contributed by atoms with Crippen LogP contribution >= 0.6 is 31.9 Å². The third kappa shape index (κ3) is 6.57. The van der Waals surface area contributed by atoms with Gasteiger partial charge in [-0.3, -0.25) is 0 Å². The zero-order valence-corrected chi connectivity index (χ0v) is 15.6. The second kappa shape index (κ2) is 7.78. The molecule has 1 aromatic carbocycles. The molecule has 0 fully saturated rings. The largest absolute Gasteiger partial charge is 0.491 e. The van der Waals surface area contributed by atoms with Crippen molar-refractivity contribution in [3.63, 3.8) is 0 Å². The van der Waals surface area contributed by atoms with Crippen LogP contribution in [0.2, 0.25) is 0 Å². The van der Waals surface area contributed by atoms with Crippen LogP contribution in [0.1, 0.15) is 39.7 Å². The number of hydrogen-bond donors (Lipinski definition) is 2. The van der Waals surface area contributed by atoms with Crippen LogP contribution in [0.3, 0.4) is 0 Å². The molecule has 0 aliphatic carbocycles. The molecule has 3 nitrogen and oxygen atoms in total. The van der Waals surface area contributed by atoms with Gasteiger partial charge in [-0.1, -0.05) is 13.8 Å². The molecule has 0 bridgehead atoms. The molecule has 0 saturated heterocycles. The maximum Gasteiger partial charge on any atom is 0.147 e. The van der Waals surface area contributed by atoms with Crippen molar-refractivity contribution in [3.05, 3.63) is 26.6 Å². The second-order valence-corrected chi connectivity index (χ2v) is 7.54. The second-order valence-electron chi connectivity index (χ2n) is 5.84. The Bertz CT molecular complexity index is 419. The van der Waals surface area contributed by atoms with E-state index in [-0.39, 0.29) is 0 Å². The Morgan fingerprint density at radius 2 is 1.80 bits per heavy atom. The molecular formula is C15H23Br2NO2. The van der Waals surface area contributed by atoms with Gasteiger partial charge in [-0.05, 0) is 63.4 Å². The number of aliphatic hydroxyl groups is 1. The van der Waals surface area contributed by atoms with E-state index in [2.05, 4.69) is 63.2 Å². The Kier molecular flexibility index (Phi) is 6.98. The Morgan fingerprint density at radius 1 is 1.25 bits per heavy atom. The lowest BCUT2D eigenvalue weighted by Crippen LogP contribution is -2.22. The number of rotatable bonds is 7. The summed E-state index contributed by atoms with van der Waals surface area (Å²) in [5.41, 5.74) is 0.479. The standard InChI is InChI=1S/C15H23Br2NO2/c1-10(2)18-9-11-7-12(16)14(13(17)8-11)20-6-5-15(3,4)19/h7-8,10,18-19H,5-6,9H2,1-4H3. The minimum atomic E-state index is -0.708. The molecule has 1 aromatic rings. The molecule has 0 aliphatic heterocycles. The number of halogens is 2. The zero-order chi connectivity index (χ0) is 15.3. The van der Waals surface area contributed by atoms with Gasteiger partial charge in [0.1, 0.15) is 5.75 Å². The molecule has 0 spiro atoms. The van der Waals surface area contributed by atoms with Crippen molar-refractivity contribution in [1.82, 2.24) is 5.32 Å². The lowest BCUT2D eigenvalue weighted by molar-refractivity contribution is 0.0551. The van der Waals surface area contributed by atoms with E-state index in [1.54, 1.807) is 13.8 Å². The summed E-state index contributed by atoms with van der Waals surface area (Å²) < 4.78 is 7.59. The van der Waals surface area contributed by atoms with Crippen LogP contribution in [0.5, 0.6) is 5.75 Å². The van der Waals surface area contributed by atoms with E-state index in [0.717, 1.165) is 21.2 Å². The lowest BCUT2D eigenvalue weighted by atomic mass is 10.1. The van der Waals surface area contributed by atoms with Crippen molar-refractivity contribution in [1.29, 1.82) is 0 Å². The summed E-state index contributed by atoms with van der Waals surface area (Å²) in [4.78, 5) is 0. The molecule has 0 heterocycles. The number of ether oxygens (including phenoxy) is 1. The van der Waals surface area contributed by atoms with E-state index >= 15 is 0 Å². The molecular weight excluding hydrogens is 386 g/mol. The number of hydrogen-bond acceptors (Lipinski definition) is 3. The van der Waals surface area contributed by atoms with Gasteiger partial charge >= 0.3 is 0 Å². The summed E-state index contributed by atoms with van der Waals surface area (Å²) in [7, 11) is 0. The van der Waals surface area contributed by atoms with E-state index in [1.165, 1.54) is 5.56 Å². The summed E-state index contributed by atoms with van der Waals surface area (Å²) in [6.45, 7) is 9.10. The molecule has 0 atom stereocenters. The van der Waals surface area contributed by atoms with E-state index in [0.29, 0.717) is 19.1 Å². The predicted molar refractivity (Wildman–Crippen MR) is 90.2 cm³/mol. The predicted octanol–water partition coefficient (Wildman–Crippen LogP) is 4.25. The maximum absolute atomic E-state index is 9.69. The van der Waals surface area contributed by atoms with Gasteiger partial charge in [0, 0.05) is 19.0 Å². The molecule has 1 rings (SSSR count). The van der Waals surface area contributed by atoms with E-state index in [1.807, 2.05) is 0 Å². The Balaban J connectivity index is 2.69. The minimum Gasteiger partial charge on any atom is -0.491 e. The fraction of sp³-hybridized carbons (Fsp3) is 0.600. The molecule has 0 unspecified atom stereocenters. The molecule has 0 aliphatic rings. The smallest absolute Gasteiger partial charge is 0.147 e. The van der Waals surface area contributed by atoms with Crippen LogP contribution in [-0.4, -0.2) is 23.4 Å². The topological polar surface area (TPSA) is 41.5 Å².